The van der Waals surface area contributed by atoms with Crippen LogP contribution in [0.2, 0.25) is 0 Å². The number of nitrogens with one attached hydrogen (secondary N) is 1. The van der Waals surface area contributed by atoms with Crippen LogP contribution in [-0.4, -0.2) is 11.1 Å². The normalized spacial score (nSPS) is 10.8. The number of anilines is 1. The van der Waals surface area contributed by atoms with Gasteiger partial charge >= 0.3 is 0 Å². The second-order valence-corrected chi connectivity index (χ2v) is 5.89. The maximum Gasteiger partial charge on any atom is 0.232 e. The summed E-state index contributed by atoms with van der Waals surface area (Å²) in [6.45, 7) is 7.53. The summed E-state index contributed by atoms with van der Waals surface area (Å²) in [7, 11) is 0. The van der Waals surface area contributed by atoms with Gasteiger partial charge in [-0.2, -0.15) is 5.26 Å². The SMILES string of the molecule is Cc1cc2onc(CC(=O)Nc3oc(C)c(C)c3C#N)c2cc1C. The van der Waals surface area contributed by atoms with Gasteiger partial charge in [-0.3, -0.25) is 10.1 Å². The van der Waals surface area contributed by atoms with Crippen LogP contribution in [-0.2, 0) is 11.2 Å². The summed E-state index contributed by atoms with van der Waals surface area (Å²) in [6.07, 6.45) is 0.0408. The van der Waals surface area contributed by atoms with Gasteiger partial charge in [0.15, 0.2) is 5.58 Å². The minimum absolute atomic E-state index is 0.0408. The minimum atomic E-state index is -0.311. The Kier molecular flexibility index (Phi) is 3.86. The molecule has 0 aliphatic carbocycles. The third kappa shape index (κ3) is 2.65. The van der Waals surface area contributed by atoms with Crippen molar-refractivity contribution in [3.63, 3.8) is 0 Å². The van der Waals surface area contributed by atoms with E-state index in [1.165, 1.54) is 0 Å². The summed E-state index contributed by atoms with van der Waals surface area (Å²) >= 11 is 0. The maximum atomic E-state index is 12.3. The summed E-state index contributed by atoms with van der Waals surface area (Å²) in [5.74, 6) is 0.478. The Morgan fingerprint density at radius 1 is 1.25 bits per heavy atom. The number of hydrogen-bond acceptors (Lipinski definition) is 5. The number of amides is 1. The number of rotatable bonds is 3. The highest BCUT2D eigenvalue weighted by Crippen LogP contribution is 2.26. The maximum absolute atomic E-state index is 12.3. The third-order valence-electron chi connectivity index (χ3n) is 4.24. The molecule has 2 heterocycles. The molecule has 1 aromatic carbocycles. The van der Waals surface area contributed by atoms with Gasteiger partial charge in [0.2, 0.25) is 11.8 Å². The Morgan fingerprint density at radius 2 is 1.96 bits per heavy atom. The number of fused-ring (bicyclic) bond motifs is 1. The summed E-state index contributed by atoms with van der Waals surface area (Å²) < 4.78 is 10.7. The van der Waals surface area contributed by atoms with Crippen molar-refractivity contribution >= 4 is 22.8 Å². The summed E-state index contributed by atoms with van der Waals surface area (Å²) in [5.41, 5.74) is 4.50. The number of carbonyl (C=O) groups excluding carboxylic acids is 1. The number of aryl methyl sites for hydroxylation is 3. The minimum Gasteiger partial charge on any atom is -0.444 e. The molecular formula is C18H17N3O3. The van der Waals surface area contributed by atoms with Gasteiger partial charge in [-0.15, -0.1) is 0 Å². The number of nitriles is 1. The Hall–Kier alpha value is -3.07. The number of carbonyl (C=O) groups is 1. The number of furan rings is 1. The monoisotopic (exact) mass is 323 g/mol. The Balaban J connectivity index is 1.85. The first-order chi connectivity index (χ1) is 11.4. The molecule has 3 rings (SSSR count). The van der Waals surface area contributed by atoms with Crippen LogP contribution in [0.4, 0.5) is 5.88 Å². The molecule has 2 aromatic heterocycles. The van der Waals surface area contributed by atoms with Crippen LogP contribution in [0.25, 0.3) is 11.0 Å². The predicted octanol–water partition coefficient (Wildman–Crippen LogP) is 3.71. The van der Waals surface area contributed by atoms with E-state index in [4.69, 9.17) is 8.94 Å². The zero-order chi connectivity index (χ0) is 17.4. The van der Waals surface area contributed by atoms with E-state index >= 15 is 0 Å². The third-order valence-corrected chi connectivity index (χ3v) is 4.24. The van der Waals surface area contributed by atoms with Crippen LogP contribution in [0.5, 0.6) is 0 Å². The van der Waals surface area contributed by atoms with E-state index in [1.807, 2.05) is 32.0 Å². The van der Waals surface area contributed by atoms with Crippen molar-refractivity contribution in [2.24, 2.45) is 0 Å². The first kappa shape index (κ1) is 15.8. The Bertz CT molecular complexity index is 989. The molecule has 0 spiro atoms. The van der Waals surface area contributed by atoms with Crippen LogP contribution in [0.15, 0.2) is 21.1 Å². The Morgan fingerprint density at radius 3 is 2.67 bits per heavy atom. The molecule has 3 aromatic rings. The van der Waals surface area contributed by atoms with Crippen LogP contribution >= 0.6 is 0 Å². The molecule has 0 aliphatic rings. The molecule has 1 N–H and O–H groups in total. The van der Waals surface area contributed by atoms with Crippen LogP contribution in [0.1, 0.15) is 33.7 Å². The van der Waals surface area contributed by atoms with E-state index in [1.54, 1.807) is 13.8 Å². The van der Waals surface area contributed by atoms with E-state index in [9.17, 15) is 10.1 Å². The Labute approximate surface area is 139 Å². The van der Waals surface area contributed by atoms with Gasteiger partial charge in [-0.1, -0.05) is 5.16 Å². The number of aromatic nitrogens is 1. The lowest BCUT2D eigenvalue weighted by molar-refractivity contribution is -0.115. The quantitative estimate of drug-likeness (QED) is 0.793. The van der Waals surface area contributed by atoms with E-state index in [0.717, 1.165) is 22.1 Å². The molecule has 122 valence electrons. The fraction of sp³-hybridized carbons (Fsp3) is 0.278. The molecular weight excluding hydrogens is 306 g/mol. The number of hydrogen-bond donors (Lipinski definition) is 1. The average Bonchev–Trinajstić information content (AvgIpc) is 3.01. The predicted molar refractivity (Wildman–Crippen MR) is 88.7 cm³/mol. The first-order valence-corrected chi connectivity index (χ1v) is 7.56. The zero-order valence-corrected chi connectivity index (χ0v) is 14.0. The fourth-order valence-electron chi connectivity index (χ4n) is 2.54. The van der Waals surface area contributed by atoms with Crippen molar-refractivity contribution < 1.29 is 13.7 Å². The molecule has 0 unspecified atom stereocenters. The smallest absolute Gasteiger partial charge is 0.232 e. The first-order valence-electron chi connectivity index (χ1n) is 7.56. The molecule has 0 aliphatic heterocycles. The van der Waals surface area contributed by atoms with Crippen molar-refractivity contribution in [3.8, 4) is 6.07 Å². The topological polar surface area (TPSA) is 92.1 Å². The van der Waals surface area contributed by atoms with Crippen LogP contribution < -0.4 is 5.32 Å². The molecule has 6 nitrogen and oxygen atoms in total. The molecule has 0 saturated carbocycles. The second kappa shape index (κ2) is 5.85. The van der Waals surface area contributed by atoms with Crippen molar-refractivity contribution in [2.45, 2.75) is 34.1 Å². The van der Waals surface area contributed by atoms with Crippen LogP contribution in [0.3, 0.4) is 0 Å². The van der Waals surface area contributed by atoms with E-state index in [2.05, 4.69) is 10.5 Å². The summed E-state index contributed by atoms with van der Waals surface area (Å²) in [5, 5.41) is 16.6. The molecule has 0 saturated heterocycles. The number of nitrogens with zero attached hydrogens (tertiary/aromatic N) is 2. The van der Waals surface area contributed by atoms with Gasteiger partial charge in [0.1, 0.15) is 23.1 Å². The lowest BCUT2D eigenvalue weighted by atomic mass is 10.1. The van der Waals surface area contributed by atoms with Crippen molar-refractivity contribution in [1.29, 1.82) is 5.26 Å². The molecule has 0 atom stereocenters. The van der Waals surface area contributed by atoms with Crippen LogP contribution in [0, 0.1) is 39.0 Å². The van der Waals surface area contributed by atoms with Crippen molar-refractivity contribution in [3.05, 3.63) is 45.8 Å². The lowest BCUT2D eigenvalue weighted by Gasteiger charge is -2.02. The average molecular weight is 323 g/mol. The van der Waals surface area contributed by atoms with Gasteiger partial charge in [-0.25, -0.2) is 0 Å². The molecule has 24 heavy (non-hydrogen) atoms. The van der Waals surface area contributed by atoms with E-state index in [-0.39, 0.29) is 18.2 Å². The highest BCUT2D eigenvalue weighted by atomic mass is 16.5. The molecule has 6 heteroatoms. The molecule has 1 amide bonds. The van der Waals surface area contributed by atoms with E-state index < -0.39 is 0 Å². The van der Waals surface area contributed by atoms with Crippen molar-refractivity contribution in [1.82, 2.24) is 5.16 Å². The van der Waals surface area contributed by atoms with Gasteiger partial charge in [-0.05, 0) is 51.0 Å². The van der Waals surface area contributed by atoms with E-state index in [0.29, 0.717) is 22.6 Å². The van der Waals surface area contributed by atoms with Gasteiger partial charge in [0.25, 0.3) is 0 Å². The van der Waals surface area contributed by atoms with Gasteiger partial charge in [0, 0.05) is 10.9 Å². The highest BCUT2D eigenvalue weighted by molar-refractivity contribution is 5.95. The standard InChI is InChI=1S/C18H17N3O3/c1-9-5-13-15(21-24-16(13)6-10(9)2)7-17(22)20-18-14(8-19)11(3)12(4)23-18/h5-6H,7H2,1-4H3,(H,20,22). The lowest BCUT2D eigenvalue weighted by Crippen LogP contribution is -2.15. The molecule has 0 radical (unpaired) electrons. The zero-order valence-electron chi connectivity index (χ0n) is 14.0. The number of benzene rings is 1. The van der Waals surface area contributed by atoms with Gasteiger partial charge in [0.05, 0.1) is 6.42 Å². The highest BCUT2D eigenvalue weighted by Gasteiger charge is 2.19. The molecule has 0 bridgehead atoms. The second-order valence-electron chi connectivity index (χ2n) is 5.89. The fourth-order valence-corrected chi connectivity index (χ4v) is 2.54. The largest absolute Gasteiger partial charge is 0.444 e. The van der Waals surface area contributed by atoms with Gasteiger partial charge < -0.3 is 8.94 Å². The summed E-state index contributed by atoms with van der Waals surface area (Å²) in [4.78, 5) is 12.3. The van der Waals surface area contributed by atoms with Crippen molar-refractivity contribution in [2.75, 3.05) is 5.32 Å². The molecule has 0 fully saturated rings. The summed E-state index contributed by atoms with van der Waals surface area (Å²) in [6, 6.07) is 5.92.